The second-order valence-electron chi connectivity index (χ2n) is 5.04. The van der Waals surface area contributed by atoms with Gasteiger partial charge >= 0.3 is 0 Å². The summed E-state index contributed by atoms with van der Waals surface area (Å²) < 4.78 is 57.6. The van der Waals surface area contributed by atoms with Gasteiger partial charge < -0.3 is 4.74 Å². The Balaban J connectivity index is 1.82. The van der Waals surface area contributed by atoms with Crippen LogP contribution in [0.1, 0.15) is 5.56 Å². The summed E-state index contributed by atoms with van der Waals surface area (Å²) >= 11 is 0. The molecule has 0 atom stereocenters. The Hall–Kier alpha value is -1.74. The van der Waals surface area contributed by atoms with Gasteiger partial charge in [-0.25, -0.2) is 8.42 Å². The Kier molecular flexibility index (Phi) is 6.11. The molecule has 0 saturated carbocycles. The van der Waals surface area contributed by atoms with Crippen molar-refractivity contribution in [3.63, 3.8) is 0 Å². The summed E-state index contributed by atoms with van der Waals surface area (Å²) in [5.41, 5.74) is 0.934. The molecular formula is C16H18O6S2. The maximum Gasteiger partial charge on any atom is 0.297 e. The molecule has 0 saturated heterocycles. The molecule has 2 aromatic carbocycles. The third-order valence-corrected chi connectivity index (χ3v) is 5.91. The summed E-state index contributed by atoms with van der Waals surface area (Å²) in [5, 5.41) is 0. The molecule has 0 aromatic heterocycles. The Bertz CT molecular complexity index is 857. The van der Waals surface area contributed by atoms with E-state index in [-0.39, 0.29) is 23.0 Å². The fourth-order valence-corrected chi connectivity index (χ4v) is 3.78. The molecule has 2 rings (SSSR count). The summed E-state index contributed by atoms with van der Waals surface area (Å²) in [7, 11) is -7.43. The zero-order valence-electron chi connectivity index (χ0n) is 13.1. The van der Waals surface area contributed by atoms with E-state index in [1.165, 1.54) is 24.3 Å². The van der Waals surface area contributed by atoms with Gasteiger partial charge in [-0.2, -0.15) is 8.42 Å². The molecule has 130 valence electrons. The monoisotopic (exact) mass is 370 g/mol. The van der Waals surface area contributed by atoms with Gasteiger partial charge in [0.2, 0.25) is 9.84 Å². The number of hydrogen-bond acceptors (Lipinski definition) is 6. The van der Waals surface area contributed by atoms with Crippen molar-refractivity contribution in [2.75, 3.05) is 19.2 Å². The molecule has 0 radical (unpaired) electrons. The number of hydrogen-bond donors (Lipinski definition) is 0. The lowest BCUT2D eigenvalue weighted by Gasteiger charge is -2.08. The zero-order valence-corrected chi connectivity index (χ0v) is 14.7. The fraction of sp³-hybridized carbons (Fsp3) is 0.250. The Morgan fingerprint density at radius 1 is 0.792 bits per heavy atom. The van der Waals surface area contributed by atoms with Crippen molar-refractivity contribution in [2.24, 2.45) is 0 Å². The molecule has 0 amide bonds. The lowest BCUT2D eigenvalue weighted by molar-refractivity contribution is 0.134. The minimum atomic E-state index is -3.87. The van der Waals surface area contributed by atoms with Crippen LogP contribution in [-0.2, 0) is 28.9 Å². The van der Waals surface area contributed by atoms with Crippen molar-refractivity contribution in [1.29, 1.82) is 0 Å². The van der Waals surface area contributed by atoms with E-state index in [4.69, 9.17) is 8.92 Å². The normalized spacial score (nSPS) is 12.2. The van der Waals surface area contributed by atoms with Crippen molar-refractivity contribution < 1.29 is 25.8 Å². The van der Waals surface area contributed by atoms with Gasteiger partial charge in [0.05, 0.1) is 23.0 Å². The van der Waals surface area contributed by atoms with Gasteiger partial charge in [-0.05, 0) is 31.2 Å². The minimum absolute atomic E-state index is 0.0463. The molecule has 0 aliphatic heterocycles. The zero-order chi connectivity index (χ0) is 17.6. The molecule has 6 nitrogen and oxygen atoms in total. The number of aryl methyl sites for hydroxylation is 1. The highest BCUT2D eigenvalue weighted by Crippen LogP contribution is 2.13. The second kappa shape index (κ2) is 7.89. The van der Waals surface area contributed by atoms with Gasteiger partial charge in [0.25, 0.3) is 10.1 Å². The van der Waals surface area contributed by atoms with Crippen molar-refractivity contribution in [3.8, 4) is 0 Å². The molecule has 8 heteroatoms. The van der Waals surface area contributed by atoms with Crippen LogP contribution in [-0.4, -0.2) is 36.0 Å². The molecule has 0 spiro atoms. The van der Waals surface area contributed by atoms with Gasteiger partial charge in [-0.3, -0.25) is 4.18 Å². The fourth-order valence-electron chi connectivity index (χ4n) is 1.84. The van der Waals surface area contributed by atoms with Gasteiger partial charge in [0, 0.05) is 0 Å². The molecule has 24 heavy (non-hydrogen) atoms. The van der Waals surface area contributed by atoms with Gasteiger partial charge in [0.1, 0.15) is 0 Å². The Morgan fingerprint density at radius 2 is 1.42 bits per heavy atom. The largest absolute Gasteiger partial charge is 0.363 e. The van der Waals surface area contributed by atoms with E-state index >= 15 is 0 Å². The minimum Gasteiger partial charge on any atom is -0.363 e. The highest BCUT2D eigenvalue weighted by atomic mass is 32.2. The third-order valence-electron chi connectivity index (χ3n) is 3.12. The average Bonchev–Trinajstić information content (AvgIpc) is 2.55. The van der Waals surface area contributed by atoms with E-state index in [1.807, 2.05) is 6.92 Å². The molecule has 0 fully saturated rings. The molecular weight excluding hydrogens is 352 g/mol. The number of ether oxygens (including phenoxy) is 1. The maximum atomic E-state index is 12.0. The molecule has 2 aromatic rings. The predicted molar refractivity (Wildman–Crippen MR) is 88.8 cm³/mol. The van der Waals surface area contributed by atoms with Crippen LogP contribution in [0.15, 0.2) is 64.4 Å². The van der Waals surface area contributed by atoms with E-state index in [0.29, 0.717) is 0 Å². The topological polar surface area (TPSA) is 86.7 Å². The Morgan fingerprint density at radius 3 is 2.04 bits per heavy atom. The lowest BCUT2D eigenvalue weighted by Crippen LogP contribution is -2.15. The van der Waals surface area contributed by atoms with E-state index < -0.39 is 25.9 Å². The van der Waals surface area contributed by atoms with E-state index in [2.05, 4.69) is 0 Å². The van der Waals surface area contributed by atoms with E-state index in [1.54, 1.807) is 30.3 Å². The molecule has 0 aliphatic rings. The van der Waals surface area contributed by atoms with Crippen LogP contribution in [0.3, 0.4) is 0 Å². The van der Waals surface area contributed by atoms with E-state index in [0.717, 1.165) is 5.56 Å². The summed E-state index contributed by atoms with van der Waals surface area (Å²) in [6, 6.07) is 14.1. The van der Waals surface area contributed by atoms with Crippen LogP contribution in [0, 0.1) is 6.92 Å². The first-order valence-corrected chi connectivity index (χ1v) is 10.2. The van der Waals surface area contributed by atoms with Crippen molar-refractivity contribution in [2.45, 2.75) is 16.7 Å². The van der Waals surface area contributed by atoms with Gasteiger partial charge in [-0.15, -0.1) is 0 Å². The molecule has 0 N–H and O–H groups in total. The summed E-state index contributed by atoms with van der Waals surface area (Å²) in [5.74, 6) is -0.537. The van der Waals surface area contributed by atoms with Crippen LogP contribution in [0.4, 0.5) is 0 Å². The number of sulfone groups is 1. The van der Waals surface area contributed by atoms with Crippen LogP contribution in [0.2, 0.25) is 0 Å². The quantitative estimate of drug-likeness (QED) is 0.523. The van der Waals surface area contributed by atoms with Gasteiger partial charge in [-0.1, -0.05) is 35.9 Å². The van der Waals surface area contributed by atoms with Crippen LogP contribution < -0.4 is 0 Å². The molecule has 0 aliphatic carbocycles. The summed E-state index contributed by atoms with van der Waals surface area (Å²) in [4.78, 5) is 0.197. The van der Waals surface area contributed by atoms with E-state index in [9.17, 15) is 16.8 Å². The lowest BCUT2D eigenvalue weighted by atomic mass is 10.2. The third kappa shape index (κ3) is 5.13. The van der Waals surface area contributed by atoms with Gasteiger partial charge in [0.15, 0.2) is 5.94 Å². The number of benzene rings is 2. The van der Waals surface area contributed by atoms with Crippen LogP contribution >= 0.6 is 0 Å². The maximum absolute atomic E-state index is 12.0. The molecule has 0 heterocycles. The van der Waals surface area contributed by atoms with Crippen LogP contribution in [0.25, 0.3) is 0 Å². The second-order valence-corrected chi connectivity index (χ2v) is 8.60. The standard InChI is InChI=1S/C16H18O6S2/c1-14-7-9-16(10-8-14)24(19,20)22-12-11-21-13-23(17,18)15-5-3-2-4-6-15/h2-10H,11-13H2,1H3. The van der Waals surface area contributed by atoms with Crippen molar-refractivity contribution in [3.05, 3.63) is 60.2 Å². The predicted octanol–water partition coefficient (Wildman–Crippen LogP) is 2.15. The SMILES string of the molecule is Cc1ccc(S(=O)(=O)OCCOCS(=O)(=O)c2ccccc2)cc1. The first-order valence-electron chi connectivity index (χ1n) is 7.13. The summed E-state index contributed by atoms with van der Waals surface area (Å²) in [6.45, 7) is 1.43. The highest BCUT2D eigenvalue weighted by Gasteiger charge is 2.16. The first-order chi connectivity index (χ1) is 11.3. The Labute approximate surface area is 142 Å². The average molecular weight is 370 g/mol. The van der Waals surface area contributed by atoms with Crippen LogP contribution in [0.5, 0.6) is 0 Å². The highest BCUT2D eigenvalue weighted by molar-refractivity contribution is 7.91. The summed E-state index contributed by atoms with van der Waals surface area (Å²) in [6.07, 6.45) is 0. The molecule has 0 unspecified atom stereocenters. The van der Waals surface area contributed by atoms with Crippen molar-refractivity contribution in [1.82, 2.24) is 0 Å². The number of rotatable bonds is 8. The smallest absolute Gasteiger partial charge is 0.297 e. The molecule has 0 bridgehead atoms. The van der Waals surface area contributed by atoms with Crippen molar-refractivity contribution >= 4 is 20.0 Å². The first kappa shape index (κ1) is 18.6.